The van der Waals surface area contributed by atoms with Crippen LogP contribution in [0.15, 0.2) is 155 Å². The van der Waals surface area contributed by atoms with Crippen molar-refractivity contribution in [1.82, 2.24) is 20.6 Å². The summed E-state index contributed by atoms with van der Waals surface area (Å²) in [5.74, 6) is -6.42. The topological polar surface area (TPSA) is 124 Å². The summed E-state index contributed by atoms with van der Waals surface area (Å²) in [5.41, 5.74) is 1.31. The molecule has 0 aliphatic heterocycles. The van der Waals surface area contributed by atoms with Crippen molar-refractivity contribution >= 4 is 56.8 Å². The molecule has 2 unspecified atom stereocenters. The van der Waals surface area contributed by atoms with Crippen molar-refractivity contribution in [3.05, 3.63) is 233 Å². The second-order valence-electron chi connectivity index (χ2n) is 13.4. The van der Waals surface area contributed by atoms with Gasteiger partial charge in [0.05, 0.1) is 34.2 Å². The zero-order valence-electron chi connectivity index (χ0n) is 30.9. The Balaban J connectivity index is 0.000000181. The van der Waals surface area contributed by atoms with Gasteiger partial charge in [0.2, 0.25) is 0 Å². The van der Waals surface area contributed by atoms with E-state index in [0.717, 1.165) is 12.1 Å². The number of fused-ring (bicyclic) bond motifs is 2. The normalized spacial score (nSPS) is 12.0. The SMILES string of the molecule is O=C(NC(c1ccccc1)c1c[nH]c2cc(Cl)ccc2c1=O)c1cccc(F)c1F.O=C(NC(c1ccccc1)c1c[nH]c2cc(Cl)ccc2c1=O)c1cccc(F)c1F. The number of aromatic amines is 2. The van der Waals surface area contributed by atoms with Crippen molar-refractivity contribution < 1.29 is 27.2 Å². The standard InChI is InChI=1S/2C23H15ClF2N2O2/c2*24-14-9-10-15-19(11-14)27-12-17(22(15)29)21(13-5-2-1-3-6-13)28-23(30)16-7-4-8-18(25)20(16)26/h2*1-12,21H,(H,27,29)(H,28,30). The molecule has 6 aromatic carbocycles. The van der Waals surface area contributed by atoms with Gasteiger partial charge in [0, 0.05) is 44.3 Å². The van der Waals surface area contributed by atoms with Crippen molar-refractivity contribution in [2.45, 2.75) is 12.1 Å². The molecule has 300 valence electrons. The van der Waals surface area contributed by atoms with Gasteiger partial charge in [0.25, 0.3) is 11.8 Å². The van der Waals surface area contributed by atoms with Crippen molar-refractivity contribution in [3.8, 4) is 0 Å². The maximum Gasteiger partial charge on any atom is 0.255 e. The fourth-order valence-corrected chi connectivity index (χ4v) is 6.94. The monoisotopic (exact) mass is 848 g/mol. The number of aromatic nitrogens is 2. The highest BCUT2D eigenvalue weighted by Gasteiger charge is 2.26. The second-order valence-corrected chi connectivity index (χ2v) is 14.2. The van der Waals surface area contributed by atoms with Crippen LogP contribution in [0.25, 0.3) is 21.8 Å². The number of hydrogen-bond donors (Lipinski definition) is 4. The summed E-state index contributed by atoms with van der Waals surface area (Å²) in [6, 6.07) is 32.1. The second kappa shape index (κ2) is 17.9. The first-order valence-corrected chi connectivity index (χ1v) is 18.9. The number of pyridine rings is 2. The third-order valence-electron chi connectivity index (χ3n) is 9.57. The lowest BCUT2D eigenvalue weighted by atomic mass is 9.97. The molecule has 0 radical (unpaired) electrons. The average Bonchev–Trinajstić information content (AvgIpc) is 3.25. The van der Waals surface area contributed by atoms with Gasteiger partial charge in [-0.2, -0.15) is 0 Å². The van der Waals surface area contributed by atoms with E-state index in [1.807, 2.05) is 0 Å². The van der Waals surface area contributed by atoms with E-state index in [9.17, 15) is 36.7 Å². The zero-order valence-corrected chi connectivity index (χ0v) is 32.4. The summed E-state index contributed by atoms with van der Waals surface area (Å²) in [7, 11) is 0. The average molecular weight is 850 g/mol. The molecule has 0 saturated carbocycles. The summed E-state index contributed by atoms with van der Waals surface area (Å²) in [5, 5.41) is 7.05. The summed E-state index contributed by atoms with van der Waals surface area (Å²) in [6.45, 7) is 0. The zero-order chi connectivity index (χ0) is 42.5. The van der Waals surface area contributed by atoms with Crippen molar-refractivity contribution in [2.24, 2.45) is 0 Å². The van der Waals surface area contributed by atoms with Gasteiger partial charge >= 0.3 is 0 Å². The van der Waals surface area contributed by atoms with E-state index in [0.29, 0.717) is 43.0 Å². The molecular weight excluding hydrogens is 819 g/mol. The van der Waals surface area contributed by atoms with E-state index in [1.165, 1.54) is 36.7 Å². The predicted molar refractivity (Wildman–Crippen MR) is 223 cm³/mol. The number of benzene rings is 6. The number of nitrogens with one attached hydrogen (secondary N) is 4. The molecule has 0 aliphatic carbocycles. The van der Waals surface area contributed by atoms with Crippen LogP contribution in [0.3, 0.4) is 0 Å². The molecule has 0 bridgehead atoms. The number of halogens is 6. The molecule has 8 rings (SSSR count). The van der Waals surface area contributed by atoms with Gasteiger partial charge in [0.1, 0.15) is 0 Å². The van der Waals surface area contributed by atoms with Crippen LogP contribution in [0, 0.1) is 23.3 Å². The van der Waals surface area contributed by atoms with E-state index in [-0.39, 0.29) is 22.0 Å². The Kier molecular flexibility index (Phi) is 12.2. The Morgan fingerprint density at radius 3 is 1.27 bits per heavy atom. The highest BCUT2D eigenvalue weighted by Crippen LogP contribution is 2.25. The smallest absolute Gasteiger partial charge is 0.255 e. The maximum atomic E-state index is 14.1. The maximum absolute atomic E-state index is 14.1. The van der Waals surface area contributed by atoms with Crippen LogP contribution in [0.2, 0.25) is 10.0 Å². The van der Waals surface area contributed by atoms with Crippen LogP contribution in [0.4, 0.5) is 17.6 Å². The van der Waals surface area contributed by atoms with Crippen molar-refractivity contribution in [1.29, 1.82) is 0 Å². The number of amides is 2. The van der Waals surface area contributed by atoms with Gasteiger partial charge in [-0.1, -0.05) is 96.0 Å². The molecule has 2 aromatic heterocycles. The Morgan fingerprint density at radius 2 is 0.883 bits per heavy atom. The molecular formula is C46H30Cl2F4N4O4. The third-order valence-corrected chi connectivity index (χ3v) is 10.0. The molecule has 0 saturated heterocycles. The van der Waals surface area contributed by atoms with Crippen LogP contribution in [0.5, 0.6) is 0 Å². The summed E-state index contributed by atoms with van der Waals surface area (Å²) >= 11 is 12.0. The Morgan fingerprint density at radius 1 is 0.500 bits per heavy atom. The lowest BCUT2D eigenvalue weighted by Crippen LogP contribution is -2.33. The third kappa shape index (κ3) is 8.70. The molecule has 60 heavy (non-hydrogen) atoms. The molecule has 2 atom stereocenters. The van der Waals surface area contributed by atoms with Crippen molar-refractivity contribution in [2.75, 3.05) is 0 Å². The first-order valence-electron chi connectivity index (χ1n) is 18.1. The molecule has 0 spiro atoms. The number of hydrogen-bond acceptors (Lipinski definition) is 4. The predicted octanol–water partition coefficient (Wildman–Crippen LogP) is 9.96. The Labute approximate surface area is 348 Å². The molecule has 0 aliphatic rings. The van der Waals surface area contributed by atoms with E-state index in [4.69, 9.17) is 23.2 Å². The van der Waals surface area contributed by atoms with Gasteiger partial charge in [-0.25, -0.2) is 17.6 Å². The summed E-state index contributed by atoms with van der Waals surface area (Å²) in [6.07, 6.45) is 2.97. The summed E-state index contributed by atoms with van der Waals surface area (Å²) < 4.78 is 55.4. The van der Waals surface area contributed by atoms with Gasteiger partial charge in [-0.15, -0.1) is 0 Å². The lowest BCUT2D eigenvalue weighted by Gasteiger charge is -2.20. The first kappa shape index (κ1) is 41.2. The quantitative estimate of drug-likeness (QED) is 0.114. The van der Waals surface area contributed by atoms with Gasteiger partial charge < -0.3 is 20.6 Å². The van der Waals surface area contributed by atoms with Crippen LogP contribution < -0.4 is 21.5 Å². The van der Waals surface area contributed by atoms with E-state index >= 15 is 0 Å². The molecule has 14 heteroatoms. The fourth-order valence-electron chi connectivity index (χ4n) is 6.60. The number of rotatable bonds is 8. The highest BCUT2D eigenvalue weighted by molar-refractivity contribution is 6.31. The minimum absolute atomic E-state index is 0.251. The molecule has 4 N–H and O–H groups in total. The molecule has 8 nitrogen and oxygen atoms in total. The molecule has 2 amide bonds. The van der Waals surface area contributed by atoms with E-state index in [2.05, 4.69) is 20.6 Å². The Bertz CT molecular complexity index is 2820. The highest BCUT2D eigenvalue weighted by atomic mass is 35.5. The van der Waals surface area contributed by atoms with E-state index < -0.39 is 58.3 Å². The Hall–Kier alpha value is -7.02. The van der Waals surface area contributed by atoms with Crippen molar-refractivity contribution in [3.63, 3.8) is 0 Å². The lowest BCUT2D eigenvalue weighted by molar-refractivity contribution is 0.0929. The minimum atomic E-state index is -1.25. The van der Waals surface area contributed by atoms with Crippen LogP contribution in [-0.2, 0) is 0 Å². The molecule has 2 heterocycles. The summed E-state index contributed by atoms with van der Waals surface area (Å²) in [4.78, 5) is 57.8. The fraction of sp³-hybridized carbons (Fsp3) is 0.0435. The molecule has 8 aromatic rings. The van der Waals surface area contributed by atoms with Crippen LogP contribution in [0.1, 0.15) is 55.1 Å². The first-order chi connectivity index (χ1) is 28.9. The number of carbonyl (C=O) groups is 2. The van der Waals surface area contributed by atoms with Crippen LogP contribution >= 0.6 is 23.2 Å². The van der Waals surface area contributed by atoms with Crippen LogP contribution in [-0.4, -0.2) is 21.8 Å². The van der Waals surface area contributed by atoms with Gasteiger partial charge in [-0.3, -0.25) is 19.2 Å². The van der Waals surface area contributed by atoms with Gasteiger partial charge in [0.15, 0.2) is 34.1 Å². The van der Waals surface area contributed by atoms with Gasteiger partial charge in [-0.05, 0) is 71.8 Å². The largest absolute Gasteiger partial charge is 0.361 e. The minimum Gasteiger partial charge on any atom is -0.361 e. The molecule has 0 fully saturated rings. The number of H-pyrrole nitrogens is 2. The number of carbonyl (C=O) groups excluding carboxylic acids is 2. The van der Waals surface area contributed by atoms with E-state index in [1.54, 1.807) is 97.1 Å².